The molecule has 1 amide bonds. The van der Waals surface area contributed by atoms with Crippen LogP contribution < -0.4 is 10.6 Å². The Labute approximate surface area is 214 Å². The number of anilines is 3. The van der Waals surface area contributed by atoms with Crippen molar-refractivity contribution in [2.24, 2.45) is 11.3 Å². The van der Waals surface area contributed by atoms with Gasteiger partial charge in [-0.05, 0) is 62.3 Å². The molecule has 2 fully saturated rings. The molecule has 2 unspecified atom stereocenters. The lowest BCUT2D eigenvalue weighted by Gasteiger charge is -2.13. The first-order chi connectivity index (χ1) is 17.3. The van der Waals surface area contributed by atoms with Gasteiger partial charge in [-0.25, -0.2) is 14.4 Å². The van der Waals surface area contributed by atoms with E-state index in [1.807, 2.05) is 43.3 Å². The highest BCUT2D eigenvalue weighted by Crippen LogP contribution is 2.58. The Bertz CT molecular complexity index is 1380. The van der Waals surface area contributed by atoms with E-state index in [0.29, 0.717) is 40.6 Å². The summed E-state index contributed by atoms with van der Waals surface area (Å²) in [6.07, 6.45) is 10.2. The first kappa shape index (κ1) is 24.4. The van der Waals surface area contributed by atoms with Crippen molar-refractivity contribution in [2.45, 2.75) is 6.42 Å². The zero-order valence-electron chi connectivity index (χ0n) is 20.1. The third-order valence-corrected chi connectivity index (χ3v) is 6.84. The van der Waals surface area contributed by atoms with Gasteiger partial charge in [-0.15, -0.1) is 0 Å². The Morgan fingerprint density at radius 3 is 2.89 bits per heavy atom. The second-order valence-electron chi connectivity index (χ2n) is 9.57. The molecule has 186 valence electrons. The van der Waals surface area contributed by atoms with E-state index in [4.69, 9.17) is 16.3 Å². The molecule has 1 aromatic heterocycles. The van der Waals surface area contributed by atoms with E-state index in [2.05, 4.69) is 26.7 Å². The number of ether oxygens (including phenoxy) is 1. The molecule has 2 heterocycles. The van der Waals surface area contributed by atoms with Gasteiger partial charge in [-0.1, -0.05) is 29.8 Å². The Kier molecular flexibility index (Phi) is 6.75. The van der Waals surface area contributed by atoms with Crippen LogP contribution in [0.3, 0.4) is 0 Å². The zero-order valence-corrected chi connectivity index (χ0v) is 20.8. The van der Waals surface area contributed by atoms with Crippen LogP contribution in [0.25, 0.3) is 17.0 Å². The quantitative estimate of drug-likeness (QED) is 0.404. The van der Waals surface area contributed by atoms with Crippen LogP contribution in [-0.2, 0) is 9.53 Å². The summed E-state index contributed by atoms with van der Waals surface area (Å²) in [4.78, 5) is 23.5. The predicted octanol–water partition coefficient (Wildman–Crippen LogP) is 5.27. The van der Waals surface area contributed by atoms with Crippen LogP contribution in [-0.4, -0.2) is 54.6 Å². The van der Waals surface area contributed by atoms with Gasteiger partial charge in [0, 0.05) is 34.8 Å². The summed E-state index contributed by atoms with van der Waals surface area (Å²) >= 11 is 5.94. The third kappa shape index (κ3) is 5.26. The van der Waals surface area contributed by atoms with E-state index < -0.39 is 5.82 Å². The number of nitrogens with one attached hydrogen (secondary N) is 2. The van der Waals surface area contributed by atoms with Crippen molar-refractivity contribution in [3.05, 3.63) is 71.3 Å². The molecule has 36 heavy (non-hydrogen) atoms. The van der Waals surface area contributed by atoms with Crippen LogP contribution in [0.15, 0.2) is 54.9 Å². The maximum absolute atomic E-state index is 13.6. The molecule has 0 spiro atoms. The lowest BCUT2D eigenvalue weighted by molar-refractivity contribution is -0.111. The van der Waals surface area contributed by atoms with Crippen LogP contribution in [0.1, 0.15) is 12.0 Å². The molecule has 0 bridgehead atoms. The van der Waals surface area contributed by atoms with E-state index in [-0.39, 0.29) is 16.3 Å². The summed E-state index contributed by atoms with van der Waals surface area (Å²) in [6.45, 7) is 2.19. The Morgan fingerprint density at radius 2 is 2.17 bits per heavy atom. The molecule has 1 aliphatic heterocycles. The lowest BCUT2D eigenvalue weighted by Crippen LogP contribution is -2.13. The Balaban J connectivity index is 1.50. The Morgan fingerprint density at radius 1 is 1.31 bits per heavy atom. The van der Waals surface area contributed by atoms with Gasteiger partial charge < -0.3 is 20.3 Å². The average molecular weight is 508 g/mol. The number of fused-ring (bicyclic) bond motifs is 2. The number of nitrogens with zero attached hydrogens (tertiary/aromatic N) is 3. The number of benzene rings is 2. The topological polar surface area (TPSA) is 79.4 Å². The molecule has 5 rings (SSSR count). The molecule has 0 radical (unpaired) electrons. The summed E-state index contributed by atoms with van der Waals surface area (Å²) < 4.78 is 19.2. The first-order valence-corrected chi connectivity index (χ1v) is 12.1. The van der Waals surface area contributed by atoms with Crippen molar-refractivity contribution in [1.29, 1.82) is 0 Å². The highest BCUT2D eigenvalue weighted by molar-refractivity contribution is 6.31. The lowest BCUT2D eigenvalue weighted by atomic mass is 10.0. The number of hydrogen-bond donors (Lipinski definition) is 2. The van der Waals surface area contributed by atoms with Gasteiger partial charge in [0.25, 0.3) is 0 Å². The third-order valence-electron chi connectivity index (χ3n) is 6.55. The van der Waals surface area contributed by atoms with Crippen molar-refractivity contribution >= 4 is 51.7 Å². The molecule has 2 aliphatic rings. The smallest absolute Gasteiger partial charge is 0.248 e. The fourth-order valence-corrected chi connectivity index (χ4v) is 4.60. The van der Waals surface area contributed by atoms with Crippen LogP contribution in [0.5, 0.6) is 0 Å². The number of hydrogen-bond acceptors (Lipinski definition) is 6. The molecule has 1 aliphatic carbocycles. The van der Waals surface area contributed by atoms with Crippen molar-refractivity contribution < 1.29 is 13.9 Å². The average Bonchev–Trinajstić information content (AvgIpc) is 3.38. The number of likely N-dealkylation sites (N-methyl/N-ethyl adjacent to an activating group) is 1. The van der Waals surface area contributed by atoms with Crippen molar-refractivity contribution in [2.75, 3.05) is 44.5 Å². The molecule has 7 nitrogen and oxygen atoms in total. The molecule has 1 saturated heterocycles. The first-order valence-electron chi connectivity index (χ1n) is 11.7. The second-order valence-corrected chi connectivity index (χ2v) is 9.98. The van der Waals surface area contributed by atoms with E-state index >= 15 is 0 Å². The molecular weight excluding hydrogens is 481 g/mol. The van der Waals surface area contributed by atoms with E-state index in [1.54, 1.807) is 6.07 Å². The number of rotatable bonds is 8. The normalized spacial score (nSPS) is 21.0. The largest absolute Gasteiger partial charge is 0.380 e. The number of carbonyl (C=O) groups excluding carboxylic acids is 1. The molecule has 1 saturated carbocycles. The van der Waals surface area contributed by atoms with Crippen molar-refractivity contribution in [3.8, 4) is 0 Å². The minimum atomic E-state index is -0.497. The van der Waals surface area contributed by atoms with Crippen LogP contribution in [0.4, 0.5) is 21.6 Å². The Hall–Kier alpha value is -3.33. The number of carbonyl (C=O) groups is 1. The summed E-state index contributed by atoms with van der Waals surface area (Å²) in [5.74, 6) is 0.363. The summed E-state index contributed by atoms with van der Waals surface area (Å²) in [6, 6.07) is 8.15. The van der Waals surface area contributed by atoms with Gasteiger partial charge >= 0.3 is 0 Å². The van der Waals surface area contributed by atoms with Gasteiger partial charge in [0.2, 0.25) is 5.91 Å². The maximum atomic E-state index is 13.6. The van der Waals surface area contributed by atoms with E-state index in [9.17, 15) is 9.18 Å². The van der Waals surface area contributed by atoms with Gasteiger partial charge in [0.1, 0.15) is 18.0 Å². The molecule has 2 atom stereocenters. The van der Waals surface area contributed by atoms with Gasteiger partial charge in [0.05, 0.1) is 23.8 Å². The van der Waals surface area contributed by atoms with Crippen LogP contribution >= 0.6 is 11.6 Å². The molecule has 2 aromatic carbocycles. The monoisotopic (exact) mass is 507 g/mol. The standard InChI is InChI=1S/C27H27ClFN5O2/c1-34(2)9-3-4-25(35)33-23-12-20-24(10-17(23)7-8-27-13-18(27)14-36-15-27)30-16-31-26(20)32-19-5-6-22(29)21(28)11-19/h3-8,10-12,16,18H,9,13-15H2,1-2H3,(H,33,35)(H,30,31,32)/b4-3+,8-7+. The second kappa shape index (κ2) is 9.97. The molecular formula is C27H27ClFN5O2. The maximum Gasteiger partial charge on any atom is 0.248 e. The van der Waals surface area contributed by atoms with Crippen molar-refractivity contribution in [1.82, 2.24) is 14.9 Å². The molecule has 3 aromatic rings. The minimum Gasteiger partial charge on any atom is -0.380 e. The van der Waals surface area contributed by atoms with E-state index in [1.165, 1.54) is 24.5 Å². The highest BCUT2D eigenvalue weighted by Gasteiger charge is 2.56. The summed E-state index contributed by atoms with van der Waals surface area (Å²) in [5.41, 5.74) is 2.87. The van der Waals surface area contributed by atoms with Crippen molar-refractivity contribution in [3.63, 3.8) is 0 Å². The SMILES string of the molecule is CN(C)C/C=C/C(=O)Nc1cc2c(Nc3ccc(F)c(Cl)c3)ncnc2cc1/C=C/C12COCC1C2. The zero-order chi connectivity index (χ0) is 25.3. The highest BCUT2D eigenvalue weighted by atomic mass is 35.5. The molecule has 2 N–H and O–H groups in total. The van der Waals surface area contributed by atoms with Crippen LogP contribution in [0.2, 0.25) is 5.02 Å². The van der Waals surface area contributed by atoms with Crippen LogP contribution in [0, 0.1) is 17.2 Å². The number of halogens is 2. The number of aromatic nitrogens is 2. The van der Waals surface area contributed by atoms with Gasteiger partial charge in [-0.3, -0.25) is 4.79 Å². The summed E-state index contributed by atoms with van der Waals surface area (Å²) in [5, 5.41) is 6.90. The summed E-state index contributed by atoms with van der Waals surface area (Å²) in [7, 11) is 3.88. The predicted molar refractivity (Wildman–Crippen MR) is 141 cm³/mol. The van der Waals surface area contributed by atoms with Gasteiger partial charge in [0.15, 0.2) is 0 Å². The fourth-order valence-electron chi connectivity index (χ4n) is 4.42. The minimum absolute atomic E-state index is 0.0110. The van der Waals surface area contributed by atoms with E-state index in [0.717, 1.165) is 25.2 Å². The molecule has 9 heteroatoms. The number of amides is 1. The van der Waals surface area contributed by atoms with Gasteiger partial charge in [-0.2, -0.15) is 0 Å². The fraction of sp³-hybridized carbons (Fsp3) is 0.296.